The van der Waals surface area contributed by atoms with Crippen molar-refractivity contribution >= 4 is 39.6 Å². The van der Waals surface area contributed by atoms with Crippen molar-refractivity contribution in [1.29, 1.82) is 0 Å². The minimum atomic E-state index is -1.47. The number of benzene rings is 4. The van der Waals surface area contributed by atoms with Crippen LogP contribution in [0.3, 0.4) is 0 Å². The van der Waals surface area contributed by atoms with Gasteiger partial charge in [-0.2, -0.15) is 0 Å². The van der Waals surface area contributed by atoms with Crippen molar-refractivity contribution < 1.29 is 23.9 Å². The molecule has 0 spiro atoms. The Hall–Kier alpha value is -4.95. The fourth-order valence-electron chi connectivity index (χ4n) is 5.26. The van der Waals surface area contributed by atoms with E-state index in [0.29, 0.717) is 11.1 Å². The van der Waals surface area contributed by atoms with Crippen LogP contribution in [-0.4, -0.2) is 39.4 Å². The lowest BCUT2D eigenvalue weighted by atomic mass is 9.81. The highest BCUT2D eigenvalue weighted by Gasteiger charge is 2.49. The van der Waals surface area contributed by atoms with Crippen LogP contribution in [0.5, 0.6) is 0 Å². The van der Waals surface area contributed by atoms with E-state index in [4.69, 9.17) is 14.5 Å². The highest BCUT2D eigenvalue weighted by atomic mass is 32.2. The Kier molecular flexibility index (Phi) is 10.7. The first-order valence-electron chi connectivity index (χ1n) is 15.5. The summed E-state index contributed by atoms with van der Waals surface area (Å²) >= 11 is 0.930. The van der Waals surface area contributed by atoms with E-state index in [1.165, 1.54) is 6.08 Å². The van der Waals surface area contributed by atoms with Gasteiger partial charge in [0.2, 0.25) is 11.0 Å². The number of amides is 1. The Morgan fingerprint density at radius 2 is 1.34 bits per heavy atom. The summed E-state index contributed by atoms with van der Waals surface area (Å²) in [4.78, 5) is 46.4. The van der Waals surface area contributed by atoms with Gasteiger partial charge in [-0.15, -0.1) is 0 Å². The maximum Gasteiger partial charge on any atom is 0.329 e. The summed E-state index contributed by atoms with van der Waals surface area (Å²) in [5.41, 5.74) is 1.50. The van der Waals surface area contributed by atoms with E-state index in [9.17, 15) is 14.4 Å². The Balaban J connectivity index is 1.54. The van der Waals surface area contributed by atoms with Crippen LogP contribution in [0, 0.1) is 0 Å². The van der Waals surface area contributed by atoms with Gasteiger partial charge >= 0.3 is 5.97 Å². The summed E-state index contributed by atoms with van der Waals surface area (Å²) in [5.74, 6) is -1.10. The number of thioether (sulfide) groups is 1. The minimum absolute atomic E-state index is 0.200. The summed E-state index contributed by atoms with van der Waals surface area (Å²) < 4.78 is 11.7. The van der Waals surface area contributed by atoms with E-state index < -0.39 is 29.1 Å². The molecule has 4 aromatic carbocycles. The number of carbonyl (C=O) groups is 3. The highest BCUT2D eigenvalue weighted by Crippen LogP contribution is 2.43. The zero-order valence-electron chi connectivity index (χ0n) is 26.7. The number of ether oxygens (including phenoxy) is 2. The van der Waals surface area contributed by atoms with Crippen molar-refractivity contribution in [2.45, 2.75) is 57.4 Å². The number of nitrogens with one attached hydrogen (secondary N) is 1. The third-order valence-electron chi connectivity index (χ3n) is 7.40. The van der Waals surface area contributed by atoms with Crippen LogP contribution in [-0.2, 0) is 43.3 Å². The number of nitrogens with zero attached hydrogens (tertiary/aromatic N) is 1. The predicted molar refractivity (Wildman–Crippen MR) is 186 cm³/mol. The minimum Gasteiger partial charge on any atom is -0.468 e. The molecule has 0 radical (unpaired) electrons. The number of hydrogen-bond acceptors (Lipinski definition) is 7. The number of esters is 1. The lowest BCUT2D eigenvalue weighted by Crippen LogP contribution is -2.45. The number of hydrogen-bond donors (Lipinski definition) is 1. The molecule has 5 rings (SSSR count). The van der Waals surface area contributed by atoms with Gasteiger partial charge in [0, 0.05) is 36.3 Å². The lowest BCUT2D eigenvalue weighted by molar-refractivity contribution is -0.158. The molecular formula is C39H38N2O5S. The van der Waals surface area contributed by atoms with Crippen molar-refractivity contribution in [3.05, 3.63) is 150 Å². The van der Waals surface area contributed by atoms with Gasteiger partial charge < -0.3 is 14.8 Å². The molecule has 47 heavy (non-hydrogen) atoms. The predicted octanol–water partition coefficient (Wildman–Crippen LogP) is 6.97. The molecule has 0 saturated heterocycles. The molecule has 8 heteroatoms. The van der Waals surface area contributed by atoms with Crippen LogP contribution in [0.4, 0.5) is 0 Å². The first-order valence-corrected chi connectivity index (χ1v) is 16.3. The van der Waals surface area contributed by atoms with E-state index >= 15 is 0 Å². The van der Waals surface area contributed by atoms with E-state index in [1.54, 1.807) is 20.8 Å². The first kappa shape index (κ1) is 33.4. The Bertz CT molecular complexity index is 1740. The average molecular weight is 647 g/mol. The van der Waals surface area contributed by atoms with Gasteiger partial charge in [0.1, 0.15) is 18.2 Å². The molecule has 1 N–H and O–H groups in total. The molecule has 240 valence electrons. The smallest absolute Gasteiger partial charge is 0.329 e. The van der Waals surface area contributed by atoms with Gasteiger partial charge in [0.15, 0.2) is 5.54 Å². The topological polar surface area (TPSA) is 94.1 Å². The highest BCUT2D eigenvalue weighted by molar-refractivity contribution is 8.26. The second-order valence-electron chi connectivity index (χ2n) is 12.3. The zero-order valence-corrected chi connectivity index (χ0v) is 27.5. The largest absolute Gasteiger partial charge is 0.468 e. The first-order chi connectivity index (χ1) is 22.6. The van der Waals surface area contributed by atoms with Crippen molar-refractivity contribution in [3.8, 4) is 0 Å². The maximum atomic E-state index is 14.2. The molecule has 1 heterocycles. The third-order valence-corrected chi connectivity index (χ3v) is 8.31. The standard InChI is InChI=1S/C39H38N2O5S/c1-38(2,3)46-35(43)33(24-28-16-8-4-9-17-28)40-34(42)25-32(31-22-14-7-15-23-31)39(26-29-18-10-5-11-19-29)36(44)47-37(41-39)45-27-30-20-12-6-13-21-30/h4-23,25,33H,24,26-27H2,1-3H3,(H,40,42)/b32-25+/t33-,39+/m0/s1. The fraction of sp³-hybridized carbons (Fsp3) is 0.231. The molecule has 2 atom stereocenters. The molecule has 0 bridgehead atoms. The summed E-state index contributed by atoms with van der Waals surface area (Å²) in [5, 5.41) is 2.84. The average Bonchev–Trinajstić information content (AvgIpc) is 3.38. The van der Waals surface area contributed by atoms with E-state index in [1.807, 2.05) is 121 Å². The maximum absolute atomic E-state index is 14.2. The van der Waals surface area contributed by atoms with Gasteiger partial charge in [-0.3, -0.25) is 9.59 Å². The lowest BCUT2D eigenvalue weighted by Gasteiger charge is -2.28. The summed E-state index contributed by atoms with van der Waals surface area (Å²) in [6.07, 6.45) is 1.82. The van der Waals surface area contributed by atoms with Gasteiger partial charge in [0.25, 0.3) is 5.23 Å². The second kappa shape index (κ2) is 15.1. The summed E-state index contributed by atoms with van der Waals surface area (Å²) in [6, 6.07) is 36.9. The number of aliphatic imine (C=N–C) groups is 1. The quantitative estimate of drug-likeness (QED) is 0.140. The van der Waals surface area contributed by atoms with Crippen LogP contribution < -0.4 is 5.32 Å². The zero-order chi connectivity index (χ0) is 33.3. The normalized spacial score (nSPS) is 17.0. The molecular weight excluding hydrogens is 609 g/mol. The molecule has 7 nitrogen and oxygen atoms in total. The molecule has 1 aliphatic heterocycles. The number of rotatable bonds is 11. The molecule has 0 saturated carbocycles. The van der Waals surface area contributed by atoms with E-state index in [-0.39, 0.29) is 29.8 Å². The Labute approximate surface area is 280 Å². The summed E-state index contributed by atoms with van der Waals surface area (Å²) in [7, 11) is 0. The second-order valence-corrected chi connectivity index (χ2v) is 13.2. The molecule has 4 aromatic rings. The summed E-state index contributed by atoms with van der Waals surface area (Å²) in [6.45, 7) is 5.59. The van der Waals surface area contributed by atoms with Gasteiger partial charge in [-0.05, 0) is 43.0 Å². The van der Waals surface area contributed by atoms with Crippen molar-refractivity contribution in [2.75, 3.05) is 0 Å². The van der Waals surface area contributed by atoms with Gasteiger partial charge in [0.05, 0.1) is 0 Å². The fourth-order valence-corrected chi connectivity index (χ4v) is 6.13. The molecule has 0 fully saturated rings. The van der Waals surface area contributed by atoms with E-state index in [0.717, 1.165) is 28.5 Å². The Morgan fingerprint density at radius 3 is 1.91 bits per heavy atom. The van der Waals surface area contributed by atoms with Gasteiger partial charge in [-0.1, -0.05) is 121 Å². The SMILES string of the molecule is CC(C)(C)OC(=O)[C@H](Cc1ccccc1)NC(=O)/C=C(\c1ccccc1)[C@@]1(Cc2ccccc2)N=C(OCc2ccccc2)SC1=O. The third kappa shape index (κ3) is 9.08. The van der Waals surface area contributed by atoms with Crippen LogP contribution in [0.1, 0.15) is 43.0 Å². The van der Waals surface area contributed by atoms with Crippen molar-refractivity contribution in [3.63, 3.8) is 0 Å². The molecule has 0 aliphatic carbocycles. The van der Waals surface area contributed by atoms with Crippen LogP contribution in [0.25, 0.3) is 5.57 Å². The molecule has 0 aromatic heterocycles. The number of carbonyl (C=O) groups excluding carboxylic acids is 3. The van der Waals surface area contributed by atoms with Crippen LogP contribution in [0.15, 0.2) is 132 Å². The van der Waals surface area contributed by atoms with Crippen LogP contribution >= 0.6 is 11.8 Å². The monoisotopic (exact) mass is 646 g/mol. The Morgan fingerprint density at radius 1 is 0.809 bits per heavy atom. The van der Waals surface area contributed by atoms with Gasteiger partial charge in [-0.25, -0.2) is 9.79 Å². The molecule has 1 aliphatic rings. The molecule has 1 amide bonds. The molecule has 0 unspecified atom stereocenters. The van der Waals surface area contributed by atoms with Crippen molar-refractivity contribution in [1.82, 2.24) is 5.32 Å². The van der Waals surface area contributed by atoms with Crippen LogP contribution in [0.2, 0.25) is 0 Å². The van der Waals surface area contributed by atoms with Crippen molar-refractivity contribution in [2.24, 2.45) is 4.99 Å². The van der Waals surface area contributed by atoms with E-state index in [2.05, 4.69) is 5.32 Å².